The lowest BCUT2D eigenvalue weighted by Gasteiger charge is -2.33. The summed E-state index contributed by atoms with van der Waals surface area (Å²) in [4.78, 5) is 31.0. The predicted octanol–water partition coefficient (Wildman–Crippen LogP) is 2.66. The highest BCUT2D eigenvalue weighted by molar-refractivity contribution is 5.91. The van der Waals surface area contributed by atoms with Crippen molar-refractivity contribution in [1.29, 1.82) is 0 Å². The molecule has 2 aromatic rings. The van der Waals surface area contributed by atoms with Crippen LogP contribution >= 0.6 is 0 Å². The lowest BCUT2D eigenvalue weighted by molar-refractivity contribution is -0.275. The highest BCUT2D eigenvalue weighted by Gasteiger charge is 2.34. The molecule has 10 nitrogen and oxygen atoms in total. The molecule has 0 saturated heterocycles. The fourth-order valence-corrected chi connectivity index (χ4v) is 3.67. The zero-order chi connectivity index (χ0) is 25.2. The van der Waals surface area contributed by atoms with Crippen molar-refractivity contribution in [2.45, 2.75) is 25.2 Å². The van der Waals surface area contributed by atoms with E-state index >= 15 is 0 Å². The molecule has 2 N–H and O–H groups in total. The number of ether oxygens (including phenoxy) is 2. The van der Waals surface area contributed by atoms with E-state index in [4.69, 9.17) is 4.74 Å². The summed E-state index contributed by atoms with van der Waals surface area (Å²) >= 11 is 0. The van der Waals surface area contributed by atoms with E-state index in [1.807, 2.05) is 0 Å². The van der Waals surface area contributed by atoms with Gasteiger partial charge >= 0.3 is 12.4 Å². The molecule has 3 heterocycles. The summed E-state index contributed by atoms with van der Waals surface area (Å²) in [6, 6.07) is 2.84. The Balaban J connectivity index is 1.57. The monoisotopic (exact) mass is 496 g/mol. The van der Waals surface area contributed by atoms with Gasteiger partial charge in [0.05, 0.1) is 18.3 Å². The van der Waals surface area contributed by atoms with Gasteiger partial charge in [-0.2, -0.15) is 5.10 Å². The molecule has 0 bridgehead atoms. The van der Waals surface area contributed by atoms with Crippen molar-refractivity contribution in [2.75, 3.05) is 20.3 Å². The molecule has 0 spiro atoms. The SMILES string of the molecule is COCC(NC(=O)N1CC(=O)NC2=C1N=C(n1cccn1)CC2)c1ccc(OC(F)(F)F)c(F)c1. The zero-order valence-corrected chi connectivity index (χ0v) is 18.3. The molecule has 0 aliphatic carbocycles. The van der Waals surface area contributed by atoms with Gasteiger partial charge in [-0.1, -0.05) is 6.07 Å². The topological polar surface area (TPSA) is 110 Å². The second kappa shape index (κ2) is 9.74. The standard InChI is InChI=1S/C21H20F4N6O4/c1-34-11-15(12-3-5-16(13(22)9-12)35-21(23,24)25)28-20(33)30-10-18(32)27-14-4-6-17(29-19(14)30)31-8-2-7-26-31/h2-3,5,7-9,15H,4,6,10-11H2,1H3,(H,27,32)(H,28,33). The molecule has 1 aromatic carbocycles. The van der Waals surface area contributed by atoms with Crippen molar-refractivity contribution in [3.8, 4) is 5.75 Å². The molecule has 14 heteroatoms. The van der Waals surface area contributed by atoms with Crippen molar-refractivity contribution in [3.63, 3.8) is 0 Å². The van der Waals surface area contributed by atoms with Gasteiger partial charge < -0.3 is 20.1 Å². The van der Waals surface area contributed by atoms with Crippen LogP contribution in [0.5, 0.6) is 5.75 Å². The first kappa shape index (κ1) is 24.2. The number of amides is 3. The molecule has 2 aliphatic heterocycles. The fraction of sp³-hybridized carbons (Fsp3) is 0.333. The molecule has 35 heavy (non-hydrogen) atoms. The number of nitrogens with one attached hydrogen (secondary N) is 2. The number of urea groups is 1. The Hall–Kier alpha value is -3.94. The van der Waals surface area contributed by atoms with Crippen LogP contribution in [0.3, 0.4) is 0 Å². The number of nitrogens with zero attached hydrogens (tertiary/aromatic N) is 4. The third kappa shape index (κ3) is 5.59. The molecule has 4 rings (SSSR count). The third-order valence-corrected chi connectivity index (χ3v) is 5.18. The van der Waals surface area contributed by atoms with Crippen LogP contribution in [0.2, 0.25) is 0 Å². The number of aromatic nitrogens is 2. The van der Waals surface area contributed by atoms with E-state index < -0.39 is 35.9 Å². The normalized spacial score (nSPS) is 16.9. The number of hydrogen-bond acceptors (Lipinski definition) is 6. The average molecular weight is 496 g/mol. The van der Waals surface area contributed by atoms with E-state index in [0.29, 0.717) is 24.4 Å². The Morgan fingerprint density at radius 1 is 1.31 bits per heavy atom. The van der Waals surface area contributed by atoms with E-state index in [9.17, 15) is 27.2 Å². The fourth-order valence-electron chi connectivity index (χ4n) is 3.67. The minimum atomic E-state index is -5.06. The molecule has 0 radical (unpaired) electrons. The molecular formula is C21H20F4N6O4. The number of hydrogen-bond donors (Lipinski definition) is 2. The number of carbonyl (C=O) groups is 2. The largest absolute Gasteiger partial charge is 0.573 e. The van der Waals surface area contributed by atoms with E-state index in [2.05, 4.69) is 25.5 Å². The van der Waals surface area contributed by atoms with E-state index in [1.165, 1.54) is 13.2 Å². The summed E-state index contributed by atoms with van der Waals surface area (Å²) in [5.74, 6) is -1.89. The van der Waals surface area contributed by atoms with Crippen molar-refractivity contribution >= 4 is 17.8 Å². The quantitative estimate of drug-likeness (QED) is 0.619. The highest BCUT2D eigenvalue weighted by atomic mass is 19.4. The molecule has 0 fully saturated rings. The van der Waals surface area contributed by atoms with Crippen LogP contribution in [0.15, 0.2) is 53.2 Å². The van der Waals surface area contributed by atoms with Crippen molar-refractivity contribution in [2.24, 2.45) is 4.99 Å². The Kier molecular flexibility index (Phi) is 6.73. The number of methoxy groups -OCH3 is 1. The van der Waals surface area contributed by atoms with Crippen LogP contribution in [-0.2, 0) is 9.53 Å². The number of benzene rings is 1. The first-order valence-electron chi connectivity index (χ1n) is 10.4. The molecule has 1 atom stereocenters. The molecule has 2 aliphatic rings. The molecule has 1 unspecified atom stereocenters. The molecule has 1 aromatic heterocycles. The maximum atomic E-state index is 14.2. The Bertz CT molecular complexity index is 1180. The summed E-state index contributed by atoms with van der Waals surface area (Å²) < 4.78 is 61.9. The number of carbonyl (C=O) groups excluding carboxylic acids is 2. The number of allylic oxidation sites excluding steroid dienone is 1. The summed E-state index contributed by atoms with van der Waals surface area (Å²) in [5.41, 5.74) is 0.600. The second-order valence-corrected chi connectivity index (χ2v) is 7.61. The first-order chi connectivity index (χ1) is 16.6. The summed E-state index contributed by atoms with van der Waals surface area (Å²) in [5, 5.41) is 9.48. The maximum absolute atomic E-state index is 14.2. The van der Waals surface area contributed by atoms with Crippen LogP contribution in [0.4, 0.5) is 22.4 Å². The lowest BCUT2D eigenvalue weighted by Crippen LogP contribution is -2.51. The molecule has 3 amide bonds. The van der Waals surface area contributed by atoms with Gasteiger partial charge in [0.25, 0.3) is 0 Å². The van der Waals surface area contributed by atoms with Gasteiger partial charge in [0.15, 0.2) is 17.4 Å². The van der Waals surface area contributed by atoms with Gasteiger partial charge in [0.2, 0.25) is 5.91 Å². The van der Waals surface area contributed by atoms with Crippen LogP contribution < -0.4 is 15.4 Å². The number of aliphatic imine (C=N–C) groups is 1. The Morgan fingerprint density at radius 2 is 2.11 bits per heavy atom. The smallest absolute Gasteiger partial charge is 0.403 e. The maximum Gasteiger partial charge on any atom is 0.573 e. The van der Waals surface area contributed by atoms with E-state index in [0.717, 1.165) is 17.0 Å². The van der Waals surface area contributed by atoms with Crippen LogP contribution in [0.1, 0.15) is 24.4 Å². The van der Waals surface area contributed by atoms with Crippen LogP contribution in [-0.4, -0.2) is 59.1 Å². The van der Waals surface area contributed by atoms with Gasteiger partial charge in [0, 0.05) is 25.9 Å². The number of rotatable bonds is 5. The van der Waals surface area contributed by atoms with Gasteiger partial charge in [-0.3, -0.25) is 9.69 Å². The predicted molar refractivity (Wildman–Crippen MR) is 112 cm³/mol. The zero-order valence-electron chi connectivity index (χ0n) is 18.3. The average Bonchev–Trinajstić information content (AvgIpc) is 3.33. The van der Waals surface area contributed by atoms with Crippen LogP contribution in [0.25, 0.3) is 0 Å². The highest BCUT2D eigenvalue weighted by Crippen LogP contribution is 2.29. The van der Waals surface area contributed by atoms with E-state index in [-0.39, 0.29) is 24.5 Å². The summed E-state index contributed by atoms with van der Waals surface area (Å²) in [6.45, 7) is -0.453. The minimum absolute atomic E-state index is 0.127. The van der Waals surface area contributed by atoms with Gasteiger partial charge in [-0.05, 0) is 30.2 Å². The molecular weight excluding hydrogens is 476 g/mol. The summed E-state index contributed by atoms with van der Waals surface area (Å²) in [7, 11) is 1.34. The molecule has 0 saturated carbocycles. The van der Waals surface area contributed by atoms with Crippen molar-refractivity contribution in [1.82, 2.24) is 25.3 Å². The first-order valence-corrected chi connectivity index (χ1v) is 10.4. The third-order valence-electron chi connectivity index (χ3n) is 5.18. The van der Waals surface area contributed by atoms with Crippen molar-refractivity contribution in [3.05, 3.63) is 59.6 Å². The summed E-state index contributed by atoms with van der Waals surface area (Å²) in [6.07, 6.45) is -0.881. The lowest BCUT2D eigenvalue weighted by atomic mass is 10.1. The van der Waals surface area contributed by atoms with E-state index in [1.54, 1.807) is 23.1 Å². The molecule has 186 valence electrons. The number of alkyl halides is 3. The van der Waals surface area contributed by atoms with Gasteiger partial charge in [0.1, 0.15) is 12.4 Å². The Labute approximate surface area is 196 Å². The Morgan fingerprint density at radius 3 is 2.77 bits per heavy atom. The minimum Gasteiger partial charge on any atom is -0.403 e. The number of halogens is 4. The van der Waals surface area contributed by atoms with Crippen LogP contribution in [0, 0.1) is 5.82 Å². The van der Waals surface area contributed by atoms with Gasteiger partial charge in [-0.25, -0.2) is 18.9 Å². The second-order valence-electron chi connectivity index (χ2n) is 7.61. The van der Waals surface area contributed by atoms with Crippen molar-refractivity contribution < 1.29 is 36.6 Å². The van der Waals surface area contributed by atoms with Gasteiger partial charge in [-0.15, -0.1) is 13.2 Å².